The molecule has 4 nitrogen and oxygen atoms in total. The van der Waals surface area contributed by atoms with Crippen LogP contribution in [0.25, 0.3) is 0 Å². The minimum Gasteiger partial charge on any atom is -0.311 e. The molecule has 4 heteroatoms. The Morgan fingerprint density at radius 1 is 1.26 bits per heavy atom. The number of amides is 1. The van der Waals surface area contributed by atoms with Crippen LogP contribution in [0.15, 0.2) is 35.0 Å². The highest BCUT2D eigenvalue weighted by Crippen LogP contribution is 2.61. The van der Waals surface area contributed by atoms with Crippen LogP contribution >= 0.6 is 0 Å². The average Bonchev–Trinajstić information content (AvgIpc) is 3.22. The zero-order valence-corrected chi connectivity index (χ0v) is 13.1. The molecule has 0 aromatic heterocycles. The third-order valence-electron chi connectivity index (χ3n) is 6.63. The first-order valence-electron chi connectivity index (χ1n) is 8.67. The van der Waals surface area contributed by atoms with Gasteiger partial charge in [0.15, 0.2) is 0 Å². The monoisotopic (exact) mass is 308 g/mol. The van der Waals surface area contributed by atoms with E-state index >= 15 is 0 Å². The number of hydrogen-bond donors (Lipinski definition) is 0. The molecule has 1 aromatic carbocycles. The second-order valence-corrected chi connectivity index (χ2v) is 7.69. The molecule has 2 saturated carbocycles. The number of rotatable bonds is 2. The van der Waals surface area contributed by atoms with Crippen LogP contribution in [0.1, 0.15) is 37.7 Å². The van der Waals surface area contributed by atoms with E-state index in [1.165, 1.54) is 12.8 Å². The summed E-state index contributed by atoms with van der Waals surface area (Å²) in [5.74, 6) is 1.72. The predicted molar refractivity (Wildman–Crippen MR) is 88.5 cm³/mol. The van der Waals surface area contributed by atoms with Crippen LogP contribution in [0, 0.1) is 22.2 Å². The summed E-state index contributed by atoms with van der Waals surface area (Å²) in [6, 6.07) is 5.44. The van der Waals surface area contributed by atoms with Gasteiger partial charge in [-0.2, -0.15) is 0 Å². The summed E-state index contributed by atoms with van der Waals surface area (Å²) in [5.41, 5.74) is 3.99. The molecule has 0 N–H and O–H groups in total. The lowest BCUT2D eigenvalue weighted by molar-refractivity contribution is -0.128. The lowest BCUT2D eigenvalue weighted by atomic mass is 9.75. The van der Waals surface area contributed by atoms with E-state index in [0.717, 1.165) is 49.4 Å². The maximum absolute atomic E-state index is 13.4. The van der Waals surface area contributed by atoms with Crippen LogP contribution in [0.2, 0.25) is 0 Å². The number of benzene rings is 1. The number of allylic oxidation sites excluding steroid dienone is 2. The number of carbonyl (C=O) groups excluding carboxylic acids is 1. The van der Waals surface area contributed by atoms with Crippen molar-refractivity contribution in [3.63, 3.8) is 0 Å². The van der Waals surface area contributed by atoms with Crippen molar-refractivity contribution in [2.45, 2.75) is 38.5 Å². The van der Waals surface area contributed by atoms with E-state index in [0.29, 0.717) is 17.5 Å². The number of hydrogen-bond acceptors (Lipinski definition) is 3. The van der Waals surface area contributed by atoms with Gasteiger partial charge in [-0.25, -0.2) is 0 Å². The van der Waals surface area contributed by atoms with Crippen molar-refractivity contribution in [1.82, 2.24) is 0 Å². The molecule has 118 valence electrons. The minimum absolute atomic E-state index is 0.164. The van der Waals surface area contributed by atoms with Crippen LogP contribution in [-0.2, 0) is 11.2 Å². The summed E-state index contributed by atoms with van der Waals surface area (Å²) in [4.78, 5) is 26.1. The molecule has 1 heterocycles. The Bertz CT molecular complexity index is 754. The summed E-state index contributed by atoms with van der Waals surface area (Å²) in [7, 11) is 0. The highest BCUT2D eigenvalue weighted by atomic mass is 16.3. The first kappa shape index (κ1) is 13.5. The number of carbonyl (C=O) groups is 1. The fourth-order valence-corrected chi connectivity index (χ4v) is 5.54. The molecule has 1 amide bonds. The lowest BCUT2D eigenvalue weighted by Gasteiger charge is -2.35. The quantitative estimate of drug-likeness (QED) is 0.610. The largest absolute Gasteiger partial charge is 0.311 e. The Labute approximate surface area is 135 Å². The molecule has 4 aliphatic rings. The van der Waals surface area contributed by atoms with Crippen LogP contribution < -0.4 is 4.90 Å². The first-order valence-corrected chi connectivity index (χ1v) is 8.67. The fourth-order valence-electron chi connectivity index (χ4n) is 5.54. The van der Waals surface area contributed by atoms with Crippen LogP contribution in [0.4, 0.5) is 11.4 Å². The zero-order valence-electron chi connectivity index (χ0n) is 13.1. The second-order valence-electron chi connectivity index (χ2n) is 7.69. The van der Waals surface area contributed by atoms with Crippen molar-refractivity contribution >= 4 is 17.3 Å². The summed E-state index contributed by atoms with van der Waals surface area (Å²) in [5, 5.41) is 3.01. The van der Waals surface area contributed by atoms with E-state index in [9.17, 15) is 9.70 Å². The summed E-state index contributed by atoms with van der Waals surface area (Å²) < 4.78 is 0. The van der Waals surface area contributed by atoms with Gasteiger partial charge in [0.25, 0.3) is 0 Å². The van der Waals surface area contributed by atoms with Crippen molar-refractivity contribution in [2.75, 3.05) is 11.4 Å². The van der Waals surface area contributed by atoms with Crippen molar-refractivity contribution in [3.8, 4) is 0 Å². The standard InChI is InChI=1S/C19H20N2O2/c22-18(19-7-5-12-1-2-14(10-19)16(12)11-19)21-8-6-13-9-15(20-23)3-4-17(13)21/h3-5,9,14,16H,1-2,6-8,10-11H2. The maximum Gasteiger partial charge on any atom is 0.233 e. The SMILES string of the molecule is O=Nc1ccc2c(c1)CCN2C(=O)C12CC=C3CCC(C1)C3C2. The summed E-state index contributed by atoms with van der Waals surface area (Å²) >= 11 is 0. The number of fused-ring (bicyclic) bond motifs is 2. The molecule has 23 heavy (non-hydrogen) atoms. The number of nitrogens with zero attached hydrogens (tertiary/aromatic N) is 2. The molecular weight excluding hydrogens is 288 g/mol. The average molecular weight is 308 g/mol. The summed E-state index contributed by atoms with van der Waals surface area (Å²) in [6.07, 6.45) is 8.78. The molecule has 3 aliphatic carbocycles. The predicted octanol–water partition coefficient (Wildman–Crippen LogP) is 4.11. The molecule has 3 atom stereocenters. The van der Waals surface area contributed by atoms with Gasteiger partial charge in [0, 0.05) is 12.2 Å². The maximum atomic E-state index is 13.4. The molecule has 0 saturated heterocycles. The van der Waals surface area contributed by atoms with Crippen molar-refractivity contribution < 1.29 is 4.79 Å². The molecule has 2 fully saturated rings. The highest BCUT2D eigenvalue weighted by Gasteiger charge is 2.56. The van der Waals surface area contributed by atoms with E-state index in [2.05, 4.69) is 11.3 Å². The van der Waals surface area contributed by atoms with E-state index in [1.807, 2.05) is 17.0 Å². The van der Waals surface area contributed by atoms with E-state index < -0.39 is 0 Å². The molecule has 1 aliphatic heterocycles. The van der Waals surface area contributed by atoms with E-state index in [-0.39, 0.29) is 5.41 Å². The smallest absolute Gasteiger partial charge is 0.233 e. The van der Waals surface area contributed by atoms with Gasteiger partial charge in [0.2, 0.25) is 5.91 Å². The Morgan fingerprint density at radius 3 is 3.04 bits per heavy atom. The van der Waals surface area contributed by atoms with Gasteiger partial charge in [-0.3, -0.25) is 4.79 Å². The molecule has 0 spiro atoms. The van der Waals surface area contributed by atoms with Crippen molar-refractivity contribution in [1.29, 1.82) is 0 Å². The molecule has 1 aromatic rings. The Balaban J connectivity index is 1.48. The lowest BCUT2D eigenvalue weighted by Crippen LogP contribution is -2.43. The fraction of sp³-hybridized carbons (Fsp3) is 0.526. The van der Waals surface area contributed by atoms with Gasteiger partial charge in [-0.05, 0) is 79.3 Å². The highest BCUT2D eigenvalue weighted by molar-refractivity contribution is 6.00. The Hall–Kier alpha value is -1.97. The Morgan fingerprint density at radius 2 is 2.17 bits per heavy atom. The van der Waals surface area contributed by atoms with Crippen molar-refractivity contribution in [2.24, 2.45) is 22.4 Å². The minimum atomic E-state index is -0.164. The van der Waals surface area contributed by atoms with Crippen LogP contribution in [0.3, 0.4) is 0 Å². The van der Waals surface area contributed by atoms with Gasteiger partial charge in [0.05, 0.1) is 5.41 Å². The van der Waals surface area contributed by atoms with Gasteiger partial charge < -0.3 is 4.90 Å². The van der Waals surface area contributed by atoms with E-state index in [1.54, 1.807) is 11.6 Å². The number of nitroso groups, excluding NO2 is 1. The third kappa shape index (κ3) is 1.75. The van der Waals surface area contributed by atoms with Crippen LogP contribution in [0.5, 0.6) is 0 Å². The van der Waals surface area contributed by atoms with Gasteiger partial charge >= 0.3 is 0 Å². The second kappa shape index (κ2) is 4.53. The van der Waals surface area contributed by atoms with Crippen LogP contribution in [-0.4, -0.2) is 12.5 Å². The van der Waals surface area contributed by atoms with Crippen molar-refractivity contribution in [3.05, 3.63) is 40.3 Å². The molecule has 0 radical (unpaired) electrons. The third-order valence-corrected chi connectivity index (χ3v) is 6.63. The van der Waals surface area contributed by atoms with Gasteiger partial charge in [-0.1, -0.05) is 11.6 Å². The summed E-state index contributed by atoms with van der Waals surface area (Å²) in [6.45, 7) is 0.740. The molecule has 3 unspecified atom stereocenters. The first-order chi connectivity index (χ1) is 11.2. The molecular formula is C19H20N2O2. The zero-order chi connectivity index (χ0) is 15.6. The van der Waals surface area contributed by atoms with E-state index in [4.69, 9.17) is 0 Å². The number of anilines is 1. The normalized spacial score (nSPS) is 33.6. The molecule has 2 bridgehead atoms. The van der Waals surface area contributed by atoms with Gasteiger partial charge in [0.1, 0.15) is 5.69 Å². The topological polar surface area (TPSA) is 49.7 Å². The molecule has 5 rings (SSSR count). The Kier molecular flexibility index (Phi) is 2.65. The van der Waals surface area contributed by atoms with Gasteiger partial charge in [-0.15, -0.1) is 4.91 Å².